The van der Waals surface area contributed by atoms with Crippen LogP contribution < -0.4 is 0 Å². The molecule has 5 unspecified atom stereocenters. The minimum atomic E-state index is -1.26. The van der Waals surface area contributed by atoms with Gasteiger partial charge in [0.1, 0.15) is 7.85 Å². The molecule has 130 valence electrons. The van der Waals surface area contributed by atoms with Gasteiger partial charge < -0.3 is 13.8 Å². The zero-order valence-corrected chi connectivity index (χ0v) is 16.1. The second kappa shape index (κ2) is 9.96. The van der Waals surface area contributed by atoms with Gasteiger partial charge in [-0.05, 0) is 34.1 Å². The lowest BCUT2D eigenvalue weighted by Gasteiger charge is -2.38. The van der Waals surface area contributed by atoms with Crippen LogP contribution in [0.2, 0.25) is 0 Å². The summed E-state index contributed by atoms with van der Waals surface area (Å²) in [5, 5.41) is 8.76. The molecule has 0 aromatic heterocycles. The maximum atomic E-state index is 8.76. The topological polar surface area (TPSA) is 54.7 Å². The predicted molar refractivity (Wildman–Crippen MR) is 94.0 cm³/mol. The molecule has 2 radical (unpaired) electrons. The third-order valence-electron chi connectivity index (χ3n) is 4.01. The Bertz CT molecular complexity index is 384. The highest BCUT2D eigenvalue weighted by Gasteiger charge is 2.42. The fourth-order valence-corrected chi connectivity index (χ4v) is 4.66. The minimum Gasteiger partial charge on any atom is -0.382 e. The van der Waals surface area contributed by atoms with Crippen molar-refractivity contribution in [1.82, 2.24) is 4.67 Å². The maximum absolute atomic E-state index is 8.76. The fraction of sp³-hybridized carbons (Fsp3) is 0.938. The van der Waals surface area contributed by atoms with E-state index < -0.39 is 8.53 Å². The summed E-state index contributed by atoms with van der Waals surface area (Å²) < 4.78 is 20.4. The molecule has 1 aliphatic rings. The van der Waals surface area contributed by atoms with E-state index in [0.717, 1.165) is 6.42 Å². The van der Waals surface area contributed by atoms with Crippen molar-refractivity contribution in [2.24, 2.45) is 5.92 Å². The second-order valence-corrected chi connectivity index (χ2v) is 7.93. The maximum Gasteiger partial charge on any atom is 0.259 e. The minimum absolute atomic E-state index is 0.00857. The molecular formula is C16H30BN2O3P. The highest BCUT2D eigenvalue weighted by molar-refractivity contribution is 7.44. The summed E-state index contributed by atoms with van der Waals surface area (Å²) in [4.78, 5) is 0. The molecule has 0 aromatic rings. The quantitative estimate of drug-likeness (QED) is 0.365. The van der Waals surface area contributed by atoms with E-state index >= 15 is 0 Å². The van der Waals surface area contributed by atoms with Crippen molar-refractivity contribution >= 4 is 16.4 Å². The Labute approximate surface area is 144 Å². The summed E-state index contributed by atoms with van der Waals surface area (Å²) in [6, 6.07) is 2.39. The molecular weight excluding hydrogens is 310 g/mol. The molecule has 1 heterocycles. The number of ether oxygens (including phenoxy) is 1. The van der Waals surface area contributed by atoms with Gasteiger partial charge in [0, 0.05) is 24.0 Å². The van der Waals surface area contributed by atoms with E-state index in [1.807, 2.05) is 0 Å². The van der Waals surface area contributed by atoms with Crippen LogP contribution in [0.3, 0.4) is 0 Å². The summed E-state index contributed by atoms with van der Waals surface area (Å²) in [5.74, 6) is 0.116. The molecule has 0 N–H and O–H groups in total. The average Bonchev–Trinajstić information content (AvgIpc) is 2.74. The van der Waals surface area contributed by atoms with Crippen LogP contribution in [0.4, 0.5) is 0 Å². The van der Waals surface area contributed by atoms with Crippen LogP contribution in [-0.4, -0.2) is 49.4 Å². The van der Waals surface area contributed by atoms with E-state index in [4.69, 9.17) is 26.9 Å². The molecule has 5 atom stereocenters. The van der Waals surface area contributed by atoms with Crippen molar-refractivity contribution in [1.29, 1.82) is 5.26 Å². The first-order chi connectivity index (χ1) is 10.8. The summed E-state index contributed by atoms with van der Waals surface area (Å²) >= 11 is 0. The molecule has 23 heavy (non-hydrogen) atoms. The monoisotopic (exact) mass is 340 g/mol. The van der Waals surface area contributed by atoms with Crippen molar-refractivity contribution in [2.75, 3.05) is 6.61 Å². The van der Waals surface area contributed by atoms with E-state index in [9.17, 15) is 0 Å². The van der Waals surface area contributed by atoms with Crippen molar-refractivity contribution < 1.29 is 13.8 Å². The Morgan fingerprint density at radius 3 is 2.39 bits per heavy atom. The number of nitrogens with zero attached hydrogens (tertiary/aromatic N) is 2. The Kier molecular flexibility index (Phi) is 9.04. The Morgan fingerprint density at radius 2 is 1.91 bits per heavy atom. The highest BCUT2D eigenvalue weighted by atomic mass is 31.2. The van der Waals surface area contributed by atoms with Gasteiger partial charge in [0.05, 0.1) is 31.3 Å². The van der Waals surface area contributed by atoms with E-state index in [1.165, 1.54) is 0 Å². The third-order valence-corrected chi connectivity index (χ3v) is 6.14. The second-order valence-electron chi connectivity index (χ2n) is 6.52. The first-order valence-corrected chi connectivity index (χ1v) is 9.62. The van der Waals surface area contributed by atoms with Gasteiger partial charge in [-0.25, -0.2) is 4.67 Å². The van der Waals surface area contributed by atoms with Crippen molar-refractivity contribution in [3.63, 3.8) is 0 Å². The molecule has 7 heteroatoms. The van der Waals surface area contributed by atoms with Crippen LogP contribution in [0.15, 0.2) is 0 Å². The summed E-state index contributed by atoms with van der Waals surface area (Å²) in [6.45, 7) is 13.0. The lowest BCUT2D eigenvalue weighted by molar-refractivity contribution is 0.0309. The highest BCUT2D eigenvalue weighted by Crippen LogP contribution is 2.50. The normalized spacial score (nSPS) is 29.4. The molecule has 1 saturated heterocycles. The average molecular weight is 340 g/mol. The zero-order valence-electron chi connectivity index (χ0n) is 15.2. The van der Waals surface area contributed by atoms with Crippen LogP contribution in [0.1, 0.15) is 54.4 Å². The van der Waals surface area contributed by atoms with Crippen LogP contribution in [-0.2, 0) is 13.8 Å². The fourth-order valence-electron chi connectivity index (χ4n) is 2.82. The van der Waals surface area contributed by atoms with E-state index in [-0.39, 0.29) is 36.2 Å². The first-order valence-electron chi connectivity index (χ1n) is 8.49. The summed E-state index contributed by atoms with van der Waals surface area (Å²) in [7, 11) is 4.78. The summed E-state index contributed by atoms with van der Waals surface area (Å²) in [6.07, 6.45) is 1.13. The van der Waals surface area contributed by atoms with Gasteiger partial charge in [0.25, 0.3) is 8.53 Å². The molecule has 0 aliphatic carbocycles. The molecule has 0 spiro atoms. The van der Waals surface area contributed by atoms with Gasteiger partial charge in [0.15, 0.2) is 0 Å². The first kappa shape index (κ1) is 20.9. The van der Waals surface area contributed by atoms with E-state index in [0.29, 0.717) is 13.0 Å². The molecule has 1 aliphatic heterocycles. The molecule has 0 bridgehead atoms. The smallest absolute Gasteiger partial charge is 0.259 e. The van der Waals surface area contributed by atoms with Crippen LogP contribution in [0, 0.1) is 17.2 Å². The SMILES string of the molecule is [B]C1OC(CC)C(OP(OCCC#N)N(C(C)C)C(C)C)C1C. The van der Waals surface area contributed by atoms with Gasteiger partial charge in [0.2, 0.25) is 0 Å². The number of hydrogen-bond donors (Lipinski definition) is 0. The number of rotatable bonds is 9. The van der Waals surface area contributed by atoms with Gasteiger partial charge in [-0.15, -0.1) is 0 Å². The zero-order chi connectivity index (χ0) is 17.6. The molecule has 0 aromatic carbocycles. The van der Waals surface area contributed by atoms with Crippen LogP contribution in [0.5, 0.6) is 0 Å². The van der Waals surface area contributed by atoms with Gasteiger partial charge in [-0.1, -0.05) is 13.8 Å². The Balaban J connectivity index is 2.88. The number of nitriles is 1. The van der Waals surface area contributed by atoms with E-state index in [1.54, 1.807) is 0 Å². The Hall–Kier alpha value is -0.175. The largest absolute Gasteiger partial charge is 0.382 e. The van der Waals surface area contributed by atoms with Gasteiger partial charge >= 0.3 is 0 Å². The molecule has 5 nitrogen and oxygen atoms in total. The molecule has 0 saturated carbocycles. The Morgan fingerprint density at radius 1 is 1.30 bits per heavy atom. The van der Waals surface area contributed by atoms with Crippen LogP contribution >= 0.6 is 8.53 Å². The van der Waals surface area contributed by atoms with Crippen LogP contribution in [0.25, 0.3) is 0 Å². The van der Waals surface area contributed by atoms with Gasteiger partial charge in [-0.3, -0.25) is 0 Å². The molecule has 1 rings (SSSR count). The van der Waals surface area contributed by atoms with Crippen molar-refractivity contribution in [3.8, 4) is 6.07 Å². The molecule has 1 fully saturated rings. The third kappa shape index (κ3) is 5.69. The molecule has 0 amide bonds. The summed E-state index contributed by atoms with van der Waals surface area (Å²) in [5.41, 5.74) is 0. The van der Waals surface area contributed by atoms with Crippen molar-refractivity contribution in [3.05, 3.63) is 0 Å². The predicted octanol–water partition coefficient (Wildman–Crippen LogP) is 3.59. The van der Waals surface area contributed by atoms with Crippen molar-refractivity contribution in [2.45, 2.75) is 84.7 Å². The number of hydrogen-bond acceptors (Lipinski definition) is 5. The lowest BCUT2D eigenvalue weighted by atomic mass is 9.86. The van der Waals surface area contributed by atoms with Gasteiger partial charge in [-0.2, -0.15) is 5.26 Å². The lowest BCUT2D eigenvalue weighted by Crippen LogP contribution is -2.37. The van der Waals surface area contributed by atoms with E-state index in [2.05, 4.69) is 52.3 Å². The standard InChI is InChI=1S/C16H30BN2O3P/c1-7-14-15(13(6)16(17)21-14)22-23(20-10-8-9-18)19(11(2)3)12(4)5/h11-16H,7-8,10H2,1-6H3.